The second-order valence-electron chi connectivity index (χ2n) is 4.86. The predicted molar refractivity (Wildman–Crippen MR) is 85.7 cm³/mol. The first kappa shape index (κ1) is 14.8. The Kier molecular flexibility index (Phi) is 4.60. The van der Waals surface area contributed by atoms with E-state index in [9.17, 15) is 4.79 Å². The van der Waals surface area contributed by atoms with E-state index < -0.39 is 0 Å². The number of pyridine rings is 1. The first-order valence-electron chi connectivity index (χ1n) is 6.99. The highest BCUT2D eigenvalue weighted by molar-refractivity contribution is 7.14. The Morgan fingerprint density at radius 1 is 1.35 bits per heavy atom. The number of rotatable bonds is 5. The Balaban J connectivity index is 2.47. The first-order valence-corrected chi connectivity index (χ1v) is 7.87. The number of aryl methyl sites for hydroxylation is 2. The summed E-state index contributed by atoms with van der Waals surface area (Å²) in [6, 6.07) is 2.05. The van der Waals surface area contributed by atoms with Gasteiger partial charge in [0.05, 0.1) is 11.3 Å². The van der Waals surface area contributed by atoms with Crippen molar-refractivity contribution in [3.63, 3.8) is 0 Å². The monoisotopic (exact) mass is 291 g/mol. The van der Waals surface area contributed by atoms with Crippen molar-refractivity contribution in [2.75, 3.05) is 11.9 Å². The van der Waals surface area contributed by atoms with Crippen LogP contribution in [0.15, 0.2) is 16.2 Å². The van der Waals surface area contributed by atoms with Gasteiger partial charge >= 0.3 is 0 Å². The molecule has 4 nitrogen and oxygen atoms in total. The van der Waals surface area contributed by atoms with Gasteiger partial charge in [0.25, 0.3) is 5.56 Å². The molecule has 2 aromatic rings. The molecule has 0 unspecified atom stereocenters. The van der Waals surface area contributed by atoms with Crippen LogP contribution in [0.4, 0.5) is 5.13 Å². The minimum Gasteiger partial charge on any atom is -0.362 e. The van der Waals surface area contributed by atoms with E-state index in [4.69, 9.17) is 0 Å². The summed E-state index contributed by atoms with van der Waals surface area (Å²) in [6.07, 6.45) is 1.06. The minimum absolute atomic E-state index is 0.0531. The van der Waals surface area contributed by atoms with Crippen molar-refractivity contribution in [1.82, 2.24) is 9.55 Å². The zero-order chi connectivity index (χ0) is 14.7. The summed E-state index contributed by atoms with van der Waals surface area (Å²) < 4.78 is 1.79. The Labute approximate surface area is 123 Å². The van der Waals surface area contributed by atoms with Crippen molar-refractivity contribution in [1.29, 1.82) is 0 Å². The molecule has 5 heteroatoms. The van der Waals surface area contributed by atoms with Gasteiger partial charge in [-0.1, -0.05) is 6.92 Å². The normalized spacial score (nSPS) is 10.8. The number of hydrogen-bond acceptors (Lipinski definition) is 4. The highest BCUT2D eigenvalue weighted by Gasteiger charge is 2.14. The van der Waals surface area contributed by atoms with Crippen molar-refractivity contribution in [3.05, 3.63) is 33.1 Å². The highest BCUT2D eigenvalue weighted by atomic mass is 32.1. The van der Waals surface area contributed by atoms with Crippen molar-refractivity contribution in [2.24, 2.45) is 0 Å². The topological polar surface area (TPSA) is 46.9 Å². The summed E-state index contributed by atoms with van der Waals surface area (Å²) in [4.78, 5) is 17.1. The summed E-state index contributed by atoms with van der Waals surface area (Å²) in [6.45, 7) is 9.63. The number of thiazole rings is 1. The maximum atomic E-state index is 12.6. The molecule has 0 aliphatic heterocycles. The van der Waals surface area contributed by atoms with Crippen LogP contribution in [0.2, 0.25) is 0 Å². The van der Waals surface area contributed by atoms with E-state index in [0.717, 1.165) is 40.6 Å². The average Bonchev–Trinajstić information content (AvgIpc) is 2.85. The third-order valence-corrected chi connectivity index (χ3v) is 4.11. The lowest BCUT2D eigenvalue weighted by atomic mass is 10.1. The molecular formula is C15H21N3OS. The molecular weight excluding hydrogens is 270 g/mol. The lowest BCUT2D eigenvalue weighted by Crippen LogP contribution is -2.24. The molecule has 0 aliphatic rings. The zero-order valence-corrected chi connectivity index (χ0v) is 13.3. The smallest absolute Gasteiger partial charge is 0.260 e. The molecule has 0 bridgehead atoms. The van der Waals surface area contributed by atoms with E-state index in [1.807, 2.05) is 26.2 Å². The summed E-state index contributed by atoms with van der Waals surface area (Å²) in [5, 5.41) is 6.10. The van der Waals surface area contributed by atoms with Gasteiger partial charge in [-0.15, -0.1) is 11.3 Å². The van der Waals surface area contributed by atoms with Gasteiger partial charge in [-0.3, -0.25) is 4.79 Å². The van der Waals surface area contributed by atoms with E-state index in [0.29, 0.717) is 6.54 Å². The average molecular weight is 291 g/mol. The molecule has 0 spiro atoms. The first-order chi connectivity index (χ1) is 9.58. The fourth-order valence-electron chi connectivity index (χ4n) is 2.33. The fourth-order valence-corrected chi connectivity index (χ4v) is 3.06. The Morgan fingerprint density at radius 2 is 2.10 bits per heavy atom. The Morgan fingerprint density at radius 3 is 2.75 bits per heavy atom. The molecule has 1 N–H and O–H groups in total. The van der Waals surface area contributed by atoms with Crippen LogP contribution in [0.3, 0.4) is 0 Å². The minimum atomic E-state index is 0.0531. The van der Waals surface area contributed by atoms with Crippen LogP contribution in [0, 0.1) is 13.8 Å². The van der Waals surface area contributed by atoms with Gasteiger partial charge in [-0.05, 0) is 38.8 Å². The molecule has 0 aliphatic carbocycles. The fraction of sp³-hybridized carbons (Fsp3) is 0.467. The SMILES string of the molecule is CCCNc1nc(-c2c(C)cc(C)n(CC)c2=O)cs1. The molecule has 0 fully saturated rings. The summed E-state index contributed by atoms with van der Waals surface area (Å²) in [5.41, 5.74) is 3.54. The van der Waals surface area contributed by atoms with E-state index >= 15 is 0 Å². The number of aromatic nitrogens is 2. The molecule has 108 valence electrons. The summed E-state index contributed by atoms with van der Waals surface area (Å²) in [5.74, 6) is 0. The van der Waals surface area contributed by atoms with Crippen LogP contribution < -0.4 is 10.9 Å². The number of nitrogens with one attached hydrogen (secondary N) is 1. The van der Waals surface area contributed by atoms with Crippen LogP contribution >= 0.6 is 11.3 Å². The summed E-state index contributed by atoms with van der Waals surface area (Å²) >= 11 is 1.55. The van der Waals surface area contributed by atoms with Crippen LogP contribution in [0.25, 0.3) is 11.3 Å². The Hall–Kier alpha value is -1.62. The summed E-state index contributed by atoms with van der Waals surface area (Å²) in [7, 11) is 0. The van der Waals surface area contributed by atoms with E-state index in [1.54, 1.807) is 15.9 Å². The van der Waals surface area contributed by atoms with Gasteiger partial charge in [0.2, 0.25) is 0 Å². The number of anilines is 1. The molecule has 0 aromatic carbocycles. The highest BCUT2D eigenvalue weighted by Crippen LogP contribution is 2.25. The van der Waals surface area contributed by atoms with E-state index in [1.165, 1.54) is 0 Å². The molecule has 2 aromatic heterocycles. The quantitative estimate of drug-likeness (QED) is 0.918. The van der Waals surface area contributed by atoms with Gasteiger partial charge in [-0.25, -0.2) is 4.98 Å². The maximum Gasteiger partial charge on any atom is 0.260 e. The van der Waals surface area contributed by atoms with Crippen LogP contribution in [-0.4, -0.2) is 16.1 Å². The standard InChI is InChI=1S/C15H21N3OS/c1-5-7-16-15-17-12(9-20-15)13-10(3)8-11(4)18(6-2)14(13)19/h8-9H,5-7H2,1-4H3,(H,16,17). The molecule has 2 rings (SSSR count). The van der Waals surface area contributed by atoms with Crippen molar-refractivity contribution >= 4 is 16.5 Å². The van der Waals surface area contributed by atoms with Crippen LogP contribution in [0.1, 0.15) is 31.5 Å². The Bertz CT molecular complexity index is 658. The molecule has 2 heterocycles. The second-order valence-corrected chi connectivity index (χ2v) is 5.72. The van der Waals surface area contributed by atoms with Gasteiger partial charge in [0, 0.05) is 24.2 Å². The predicted octanol–water partition coefficient (Wildman–Crippen LogP) is 3.43. The number of nitrogens with zero attached hydrogens (tertiary/aromatic N) is 2. The maximum absolute atomic E-state index is 12.6. The molecule has 0 atom stereocenters. The van der Waals surface area contributed by atoms with Crippen molar-refractivity contribution in [2.45, 2.75) is 40.7 Å². The third kappa shape index (κ3) is 2.77. The second kappa shape index (κ2) is 6.22. The van der Waals surface area contributed by atoms with E-state index in [2.05, 4.69) is 23.3 Å². The van der Waals surface area contributed by atoms with Crippen LogP contribution in [0.5, 0.6) is 0 Å². The molecule has 0 amide bonds. The lowest BCUT2D eigenvalue weighted by molar-refractivity contribution is 0.700. The van der Waals surface area contributed by atoms with Crippen molar-refractivity contribution < 1.29 is 0 Å². The molecule has 0 saturated carbocycles. The number of hydrogen-bond donors (Lipinski definition) is 1. The third-order valence-electron chi connectivity index (χ3n) is 3.31. The molecule has 0 saturated heterocycles. The molecule has 20 heavy (non-hydrogen) atoms. The van der Waals surface area contributed by atoms with Gasteiger partial charge in [0.1, 0.15) is 0 Å². The molecule has 0 radical (unpaired) electrons. The van der Waals surface area contributed by atoms with Crippen LogP contribution in [-0.2, 0) is 6.54 Å². The van der Waals surface area contributed by atoms with Gasteiger partial charge < -0.3 is 9.88 Å². The largest absolute Gasteiger partial charge is 0.362 e. The lowest BCUT2D eigenvalue weighted by Gasteiger charge is -2.11. The zero-order valence-electron chi connectivity index (χ0n) is 12.5. The van der Waals surface area contributed by atoms with E-state index in [-0.39, 0.29) is 5.56 Å². The van der Waals surface area contributed by atoms with Crippen molar-refractivity contribution in [3.8, 4) is 11.3 Å². The van der Waals surface area contributed by atoms with Gasteiger partial charge in [0.15, 0.2) is 5.13 Å². The van der Waals surface area contributed by atoms with Gasteiger partial charge in [-0.2, -0.15) is 0 Å².